The van der Waals surface area contributed by atoms with Crippen LogP contribution in [0.15, 0.2) is 27.6 Å². The van der Waals surface area contributed by atoms with Crippen LogP contribution in [0.3, 0.4) is 0 Å². The first-order valence-corrected chi connectivity index (χ1v) is 7.42. The first-order chi connectivity index (χ1) is 9.58. The van der Waals surface area contributed by atoms with E-state index < -0.39 is 0 Å². The van der Waals surface area contributed by atoms with E-state index in [4.69, 9.17) is 27.7 Å². The Hall–Kier alpha value is -1.24. The maximum absolute atomic E-state index is 11.2. The van der Waals surface area contributed by atoms with Crippen molar-refractivity contribution in [1.29, 1.82) is 0 Å². The van der Waals surface area contributed by atoms with Crippen LogP contribution < -0.4 is 5.32 Å². The molecular weight excluding hydrogens is 321 g/mol. The topological polar surface area (TPSA) is 68.0 Å². The summed E-state index contributed by atoms with van der Waals surface area (Å²) in [5, 5.41) is 7.46. The number of carbonyl (C=O) groups is 1. The number of nitrogens with zero attached hydrogens (tertiary/aromatic N) is 2. The molecule has 1 N–H and O–H groups in total. The van der Waals surface area contributed by atoms with Crippen molar-refractivity contribution in [3.05, 3.63) is 40.0 Å². The van der Waals surface area contributed by atoms with Crippen LogP contribution in [0.25, 0.3) is 0 Å². The summed E-state index contributed by atoms with van der Waals surface area (Å²) in [6, 6.07) is 5.23. The van der Waals surface area contributed by atoms with Crippen molar-refractivity contribution in [2.24, 2.45) is 0 Å². The minimum Gasteiger partial charge on any atom is -0.359 e. The minimum atomic E-state index is -0.164. The molecule has 1 aromatic heterocycles. The van der Waals surface area contributed by atoms with Crippen molar-refractivity contribution in [2.45, 2.75) is 17.1 Å². The highest BCUT2D eigenvalue weighted by molar-refractivity contribution is 7.98. The molecule has 0 unspecified atom stereocenters. The highest BCUT2D eigenvalue weighted by Gasteiger charge is 2.11. The zero-order valence-electron chi connectivity index (χ0n) is 10.5. The molecule has 8 heteroatoms. The summed E-state index contributed by atoms with van der Waals surface area (Å²) in [7, 11) is 1.56. The summed E-state index contributed by atoms with van der Waals surface area (Å²) in [6.07, 6.45) is 0.0998. The molecule has 2 rings (SSSR count). The second-order valence-corrected chi connectivity index (χ2v) is 5.68. The van der Waals surface area contributed by atoms with Gasteiger partial charge in [-0.15, -0.1) is 11.8 Å². The van der Waals surface area contributed by atoms with E-state index in [1.54, 1.807) is 25.2 Å². The molecule has 0 fully saturated rings. The summed E-state index contributed by atoms with van der Waals surface area (Å²) in [6.45, 7) is 0. The highest BCUT2D eigenvalue weighted by Crippen LogP contribution is 2.31. The number of benzene rings is 1. The van der Waals surface area contributed by atoms with E-state index in [2.05, 4.69) is 15.5 Å². The number of aromatic nitrogens is 2. The Kier molecular flexibility index (Phi) is 5.28. The van der Waals surface area contributed by atoms with Crippen LogP contribution in [0.1, 0.15) is 11.7 Å². The molecule has 1 heterocycles. The molecule has 0 spiro atoms. The molecule has 0 aliphatic rings. The van der Waals surface area contributed by atoms with Crippen molar-refractivity contribution in [3.63, 3.8) is 0 Å². The first kappa shape index (κ1) is 15.2. The number of hydrogen-bond donors (Lipinski definition) is 1. The van der Waals surface area contributed by atoms with Gasteiger partial charge in [-0.25, -0.2) is 0 Å². The number of likely N-dealkylation sites (N-methyl/N-ethyl adjacent to an activating group) is 1. The molecule has 0 atom stereocenters. The molecule has 1 amide bonds. The van der Waals surface area contributed by atoms with Crippen molar-refractivity contribution in [1.82, 2.24) is 15.5 Å². The summed E-state index contributed by atoms with van der Waals surface area (Å²) < 4.78 is 5.06. The Balaban J connectivity index is 1.97. The van der Waals surface area contributed by atoms with Gasteiger partial charge in [0.1, 0.15) is 0 Å². The second-order valence-electron chi connectivity index (χ2n) is 3.82. The molecule has 1 aromatic carbocycles. The fourth-order valence-electron chi connectivity index (χ4n) is 1.38. The van der Waals surface area contributed by atoms with Crippen LogP contribution in [-0.2, 0) is 17.0 Å². The van der Waals surface area contributed by atoms with Gasteiger partial charge < -0.3 is 9.84 Å². The van der Waals surface area contributed by atoms with Gasteiger partial charge in [0, 0.05) is 17.0 Å². The summed E-state index contributed by atoms with van der Waals surface area (Å²) in [5.41, 5.74) is 0. The van der Waals surface area contributed by atoms with Crippen molar-refractivity contribution < 1.29 is 9.32 Å². The van der Waals surface area contributed by atoms with Gasteiger partial charge in [0.05, 0.1) is 17.2 Å². The lowest BCUT2D eigenvalue weighted by molar-refractivity contribution is -0.120. The van der Waals surface area contributed by atoms with E-state index in [9.17, 15) is 4.79 Å². The number of thioether (sulfide) groups is 1. The normalized spacial score (nSPS) is 10.6. The van der Waals surface area contributed by atoms with Crippen LogP contribution in [0.4, 0.5) is 0 Å². The molecule has 106 valence electrons. The van der Waals surface area contributed by atoms with Crippen LogP contribution in [0, 0.1) is 0 Å². The summed E-state index contributed by atoms with van der Waals surface area (Å²) >= 11 is 13.4. The zero-order chi connectivity index (χ0) is 14.5. The van der Waals surface area contributed by atoms with Gasteiger partial charge in [-0.2, -0.15) is 4.98 Å². The van der Waals surface area contributed by atoms with Gasteiger partial charge in [0.15, 0.2) is 5.82 Å². The lowest BCUT2D eigenvalue weighted by atomic mass is 10.4. The maximum Gasteiger partial charge on any atom is 0.237 e. The van der Waals surface area contributed by atoms with Crippen LogP contribution >= 0.6 is 35.0 Å². The lowest BCUT2D eigenvalue weighted by Gasteiger charge is -2.02. The smallest absolute Gasteiger partial charge is 0.237 e. The Morgan fingerprint density at radius 3 is 3.00 bits per heavy atom. The SMILES string of the molecule is CNC(=O)Cc1noc(CSc2cc(Cl)ccc2Cl)n1. The Labute approximate surface area is 130 Å². The third kappa shape index (κ3) is 4.13. The van der Waals surface area contributed by atoms with Crippen LogP contribution in [0.5, 0.6) is 0 Å². The maximum atomic E-state index is 11.2. The summed E-state index contributed by atoms with van der Waals surface area (Å²) in [4.78, 5) is 16.1. The number of carbonyl (C=O) groups excluding carboxylic acids is 1. The predicted molar refractivity (Wildman–Crippen MR) is 78.1 cm³/mol. The molecule has 0 saturated carbocycles. The standard InChI is InChI=1S/C12H11Cl2N3O2S/c1-15-11(18)5-10-16-12(19-17-10)6-20-9-4-7(13)2-3-8(9)14/h2-4H,5-6H2,1H3,(H,15,18). The fourth-order valence-corrected chi connectivity index (χ4v) is 2.71. The number of hydrogen-bond acceptors (Lipinski definition) is 5. The molecule has 20 heavy (non-hydrogen) atoms. The van der Waals surface area contributed by atoms with Gasteiger partial charge in [-0.1, -0.05) is 28.4 Å². The van der Waals surface area contributed by atoms with Gasteiger partial charge in [0.25, 0.3) is 0 Å². The second kappa shape index (κ2) is 6.97. The Morgan fingerprint density at radius 1 is 1.45 bits per heavy atom. The molecule has 0 aliphatic heterocycles. The molecule has 0 bridgehead atoms. The van der Waals surface area contributed by atoms with Crippen molar-refractivity contribution in [2.75, 3.05) is 7.05 Å². The molecular formula is C12H11Cl2N3O2S. The van der Waals surface area contributed by atoms with Crippen molar-refractivity contribution in [3.8, 4) is 0 Å². The predicted octanol–water partition coefficient (Wildman–Crippen LogP) is 2.96. The largest absolute Gasteiger partial charge is 0.359 e. The summed E-state index contributed by atoms with van der Waals surface area (Å²) in [5.74, 6) is 1.09. The number of halogens is 2. The van der Waals surface area contributed by atoms with E-state index in [0.29, 0.717) is 27.5 Å². The zero-order valence-corrected chi connectivity index (χ0v) is 12.8. The van der Waals surface area contributed by atoms with Crippen LogP contribution in [0.2, 0.25) is 10.0 Å². The number of nitrogens with one attached hydrogen (secondary N) is 1. The van der Waals surface area contributed by atoms with E-state index in [1.165, 1.54) is 11.8 Å². The lowest BCUT2D eigenvalue weighted by Crippen LogP contribution is -2.20. The molecule has 0 saturated heterocycles. The monoisotopic (exact) mass is 331 g/mol. The number of amides is 1. The fraction of sp³-hybridized carbons (Fsp3) is 0.250. The molecule has 5 nitrogen and oxygen atoms in total. The van der Waals surface area contributed by atoms with Gasteiger partial charge in [-0.05, 0) is 18.2 Å². The molecule has 2 aromatic rings. The van der Waals surface area contributed by atoms with E-state index in [1.807, 2.05) is 0 Å². The van der Waals surface area contributed by atoms with E-state index in [0.717, 1.165) is 4.90 Å². The van der Waals surface area contributed by atoms with Crippen molar-refractivity contribution >= 4 is 40.9 Å². The van der Waals surface area contributed by atoms with Gasteiger partial charge >= 0.3 is 0 Å². The third-order valence-corrected chi connectivity index (χ3v) is 4.07. The minimum absolute atomic E-state index is 0.0998. The quantitative estimate of drug-likeness (QED) is 0.853. The average Bonchev–Trinajstić information content (AvgIpc) is 2.87. The molecule has 0 radical (unpaired) electrons. The number of rotatable bonds is 5. The average molecular weight is 332 g/mol. The van der Waals surface area contributed by atoms with E-state index in [-0.39, 0.29) is 12.3 Å². The Bertz CT molecular complexity index is 618. The highest BCUT2D eigenvalue weighted by atomic mass is 35.5. The van der Waals surface area contributed by atoms with Gasteiger partial charge in [0.2, 0.25) is 11.8 Å². The molecule has 0 aliphatic carbocycles. The van der Waals surface area contributed by atoms with Crippen LogP contribution in [-0.4, -0.2) is 23.1 Å². The third-order valence-electron chi connectivity index (χ3n) is 2.35. The Morgan fingerprint density at radius 2 is 2.25 bits per heavy atom. The van der Waals surface area contributed by atoms with Gasteiger partial charge in [-0.3, -0.25) is 4.79 Å². The first-order valence-electron chi connectivity index (χ1n) is 5.68. The van der Waals surface area contributed by atoms with E-state index >= 15 is 0 Å².